The molecule has 0 atom stereocenters. The van der Waals surface area contributed by atoms with Gasteiger partial charge in [0.05, 0.1) is 0 Å². The summed E-state index contributed by atoms with van der Waals surface area (Å²) in [6.45, 7) is -0.556. The van der Waals surface area contributed by atoms with E-state index in [0.29, 0.717) is 4.90 Å². The summed E-state index contributed by atoms with van der Waals surface area (Å²) in [6, 6.07) is 0. The van der Waals surface area contributed by atoms with Gasteiger partial charge in [0.1, 0.15) is 0 Å². The maximum absolute atomic E-state index is 10.7. The zero-order valence-electron chi connectivity index (χ0n) is 5.89. The van der Waals surface area contributed by atoms with Gasteiger partial charge in [-0.2, -0.15) is 0 Å². The van der Waals surface area contributed by atoms with E-state index < -0.39 is 24.7 Å². The van der Waals surface area contributed by atoms with Gasteiger partial charge in [-0.25, -0.2) is 9.69 Å². The average molecular weight is 171 g/mol. The van der Waals surface area contributed by atoms with Crippen LogP contribution in [0.2, 0.25) is 0 Å². The maximum atomic E-state index is 10.7. The molecule has 0 unspecified atom stereocenters. The number of imide groups is 1. The standard InChI is InChI=1S/C6H5NO5/c8-4-1-2-5(9)7(4)3-12-6(10)11/h1-2H,3H2,(H,10,11). The molecule has 1 aliphatic heterocycles. The summed E-state index contributed by atoms with van der Waals surface area (Å²) in [5, 5.41) is 8.05. The highest BCUT2D eigenvalue weighted by Gasteiger charge is 2.24. The third-order valence-corrected chi connectivity index (χ3v) is 1.22. The van der Waals surface area contributed by atoms with E-state index in [2.05, 4.69) is 4.74 Å². The fourth-order valence-corrected chi connectivity index (χ4v) is 0.678. The predicted octanol–water partition coefficient (Wildman–Crippen LogP) is -0.436. The summed E-state index contributed by atoms with van der Waals surface area (Å²) in [5.74, 6) is -1.14. The Morgan fingerprint density at radius 2 is 1.92 bits per heavy atom. The van der Waals surface area contributed by atoms with E-state index in [9.17, 15) is 14.4 Å². The molecule has 1 rings (SSSR count). The van der Waals surface area contributed by atoms with Gasteiger partial charge in [-0.15, -0.1) is 0 Å². The van der Waals surface area contributed by atoms with Crippen LogP contribution in [0.15, 0.2) is 12.2 Å². The third kappa shape index (κ3) is 1.60. The first-order valence-corrected chi connectivity index (χ1v) is 3.00. The van der Waals surface area contributed by atoms with Crippen LogP contribution in [0.3, 0.4) is 0 Å². The van der Waals surface area contributed by atoms with Crippen molar-refractivity contribution in [2.75, 3.05) is 6.73 Å². The summed E-state index contributed by atoms with van der Waals surface area (Å²) in [4.78, 5) is 32.0. The Bertz CT molecular complexity index is 251. The second kappa shape index (κ2) is 3.04. The molecular weight excluding hydrogens is 166 g/mol. The number of carbonyl (C=O) groups is 3. The Hall–Kier alpha value is -1.85. The normalized spacial score (nSPS) is 15.5. The van der Waals surface area contributed by atoms with Gasteiger partial charge in [-0.1, -0.05) is 0 Å². The molecule has 0 bridgehead atoms. The summed E-state index contributed by atoms with van der Waals surface area (Å²) in [5.41, 5.74) is 0. The highest BCUT2D eigenvalue weighted by Crippen LogP contribution is 2.02. The Labute approximate surface area is 67.0 Å². The van der Waals surface area contributed by atoms with Crippen molar-refractivity contribution in [1.82, 2.24) is 4.90 Å². The average Bonchev–Trinajstić information content (AvgIpc) is 2.28. The maximum Gasteiger partial charge on any atom is 0.507 e. The summed E-state index contributed by atoms with van der Waals surface area (Å²) in [6.07, 6.45) is 0.573. The van der Waals surface area contributed by atoms with Crippen molar-refractivity contribution in [1.29, 1.82) is 0 Å². The van der Waals surface area contributed by atoms with Gasteiger partial charge in [-0.05, 0) is 0 Å². The first-order chi connectivity index (χ1) is 5.61. The second-order valence-corrected chi connectivity index (χ2v) is 1.98. The minimum absolute atomic E-state index is 0.556. The molecular formula is C6H5NO5. The van der Waals surface area contributed by atoms with Crippen LogP contribution in [-0.4, -0.2) is 34.7 Å². The molecule has 2 amide bonds. The molecule has 0 aromatic rings. The molecule has 0 fully saturated rings. The molecule has 0 radical (unpaired) electrons. The number of carbonyl (C=O) groups excluding carboxylic acids is 2. The van der Waals surface area contributed by atoms with Crippen LogP contribution in [0.4, 0.5) is 4.79 Å². The second-order valence-electron chi connectivity index (χ2n) is 1.98. The Morgan fingerprint density at radius 1 is 1.42 bits per heavy atom. The lowest BCUT2D eigenvalue weighted by Gasteiger charge is -2.11. The van der Waals surface area contributed by atoms with Crippen molar-refractivity contribution in [3.05, 3.63) is 12.2 Å². The lowest BCUT2D eigenvalue weighted by molar-refractivity contribution is -0.141. The summed E-state index contributed by atoms with van der Waals surface area (Å²) < 4.78 is 4.03. The quantitative estimate of drug-likeness (QED) is 0.450. The Balaban J connectivity index is 2.48. The number of rotatable bonds is 2. The lowest BCUT2D eigenvalue weighted by atomic mass is 10.6. The zero-order chi connectivity index (χ0) is 9.14. The van der Waals surface area contributed by atoms with Gasteiger partial charge in [-0.3, -0.25) is 9.59 Å². The van der Waals surface area contributed by atoms with Crippen LogP contribution in [0, 0.1) is 0 Å². The highest BCUT2D eigenvalue weighted by molar-refractivity contribution is 6.12. The van der Waals surface area contributed by atoms with Crippen LogP contribution >= 0.6 is 0 Å². The number of carboxylic acid groups (broad SMARTS) is 1. The first kappa shape index (κ1) is 8.25. The van der Waals surface area contributed by atoms with Crippen molar-refractivity contribution >= 4 is 18.0 Å². The molecule has 0 saturated carbocycles. The van der Waals surface area contributed by atoms with Crippen LogP contribution in [-0.2, 0) is 14.3 Å². The lowest BCUT2D eigenvalue weighted by Crippen LogP contribution is -2.33. The van der Waals surface area contributed by atoms with Gasteiger partial charge in [0.15, 0.2) is 6.73 Å². The fourth-order valence-electron chi connectivity index (χ4n) is 0.678. The molecule has 6 heteroatoms. The molecule has 1 heterocycles. The van der Waals surface area contributed by atoms with E-state index in [-0.39, 0.29) is 0 Å². The topological polar surface area (TPSA) is 83.9 Å². The van der Waals surface area contributed by atoms with Crippen molar-refractivity contribution in [2.24, 2.45) is 0 Å². The van der Waals surface area contributed by atoms with Crippen LogP contribution in [0.1, 0.15) is 0 Å². The minimum atomic E-state index is -1.53. The third-order valence-electron chi connectivity index (χ3n) is 1.22. The molecule has 0 aromatic heterocycles. The molecule has 12 heavy (non-hydrogen) atoms. The minimum Gasteiger partial charge on any atom is -0.450 e. The number of amides is 2. The van der Waals surface area contributed by atoms with Gasteiger partial charge >= 0.3 is 6.16 Å². The monoisotopic (exact) mass is 171 g/mol. The number of hydrogen-bond acceptors (Lipinski definition) is 4. The van der Waals surface area contributed by atoms with E-state index in [1.165, 1.54) is 0 Å². The van der Waals surface area contributed by atoms with Crippen molar-refractivity contribution in [3.8, 4) is 0 Å². The molecule has 0 spiro atoms. The molecule has 64 valence electrons. The van der Waals surface area contributed by atoms with Gasteiger partial charge in [0.25, 0.3) is 11.8 Å². The van der Waals surface area contributed by atoms with E-state index in [4.69, 9.17) is 5.11 Å². The van der Waals surface area contributed by atoms with Crippen LogP contribution in [0.25, 0.3) is 0 Å². The molecule has 1 N–H and O–H groups in total. The van der Waals surface area contributed by atoms with Crippen molar-refractivity contribution in [2.45, 2.75) is 0 Å². The Kier molecular flexibility index (Phi) is 2.09. The van der Waals surface area contributed by atoms with Crippen LogP contribution < -0.4 is 0 Å². The summed E-state index contributed by atoms with van der Waals surface area (Å²) in [7, 11) is 0. The molecule has 6 nitrogen and oxygen atoms in total. The van der Waals surface area contributed by atoms with E-state index in [1.54, 1.807) is 0 Å². The van der Waals surface area contributed by atoms with Crippen molar-refractivity contribution < 1.29 is 24.2 Å². The number of ether oxygens (including phenoxy) is 1. The highest BCUT2D eigenvalue weighted by atomic mass is 16.7. The fraction of sp³-hybridized carbons (Fsp3) is 0.167. The molecule has 0 aromatic carbocycles. The first-order valence-electron chi connectivity index (χ1n) is 3.00. The smallest absolute Gasteiger partial charge is 0.450 e. The van der Waals surface area contributed by atoms with Gasteiger partial charge in [0, 0.05) is 12.2 Å². The van der Waals surface area contributed by atoms with Crippen molar-refractivity contribution in [3.63, 3.8) is 0 Å². The zero-order valence-corrected chi connectivity index (χ0v) is 5.89. The predicted molar refractivity (Wildman–Crippen MR) is 35.0 cm³/mol. The van der Waals surface area contributed by atoms with E-state index in [1.807, 2.05) is 0 Å². The number of hydrogen-bond donors (Lipinski definition) is 1. The molecule has 1 aliphatic rings. The van der Waals surface area contributed by atoms with E-state index >= 15 is 0 Å². The van der Waals surface area contributed by atoms with Gasteiger partial charge < -0.3 is 9.84 Å². The number of nitrogens with zero attached hydrogens (tertiary/aromatic N) is 1. The van der Waals surface area contributed by atoms with Crippen LogP contribution in [0.5, 0.6) is 0 Å². The van der Waals surface area contributed by atoms with E-state index in [0.717, 1.165) is 12.2 Å². The van der Waals surface area contributed by atoms with Gasteiger partial charge in [0.2, 0.25) is 0 Å². The Morgan fingerprint density at radius 3 is 2.33 bits per heavy atom. The summed E-state index contributed by atoms with van der Waals surface area (Å²) >= 11 is 0. The molecule has 0 aliphatic carbocycles. The molecule has 0 saturated heterocycles. The SMILES string of the molecule is O=C(O)OCN1C(=O)C=CC1=O. The largest absolute Gasteiger partial charge is 0.507 e.